The first-order chi connectivity index (χ1) is 16.6. The van der Waals surface area contributed by atoms with Gasteiger partial charge in [-0.15, -0.1) is 5.10 Å². The summed E-state index contributed by atoms with van der Waals surface area (Å²) in [6, 6.07) is 16.3. The van der Waals surface area contributed by atoms with Gasteiger partial charge in [0.1, 0.15) is 17.3 Å². The van der Waals surface area contributed by atoms with Crippen LogP contribution in [0.2, 0.25) is 0 Å². The number of benzene rings is 2. The number of aromatic nitrogens is 3. The third-order valence-corrected chi connectivity index (χ3v) is 7.25. The van der Waals surface area contributed by atoms with Gasteiger partial charge in [-0.2, -0.15) is 4.52 Å². The lowest BCUT2D eigenvalue weighted by atomic mass is 10.0. The van der Waals surface area contributed by atoms with Crippen LogP contribution in [0.4, 0.5) is 5.69 Å². The topological polar surface area (TPSA) is 75.4 Å². The number of aryl methyl sites for hydroxylation is 1. The Bertz CT molecular complexity index is 1240. The Kier molecular flexibility index (Phi) is 6.30. The molecule has 1 saturated heterocycles. The van der Waals surface area contributed by atoms with Gasteiger partial charge in [0.2, 0.25) is 10.8 Å². The average Bonchev–Trinajstić information content (AvgIpc) is 3.38. The number of hydrogen-bond acceptors (Lipinski definition) is 8. The van der Waals surface area contributed by atoms with Crippen LogP contribution in [-0.4, -0.2) is 64.5 Å². The van der Waals surface area contributed by atoms with Crippen LogP contribution in [-0.2, 0) is 0 Å². The Morgan fingerprint density at radius 3 is 2.29 bits per heavy atom. The Balaban J connectivity index is 1.43. The van der Waals surface area contributed by atoms with Crippen LogP contribution in [0, 0.1) is 6.92 Å². The highest BCUT2D eigenvalue weighted by atomic mass is 32.1. The van der Waals surface area contributed by atoms with Crippen LogP contribution < -0.4 is 14.4 Å². The number of methoxy groups -OCH3 is 1. The van der Waals surface area contributed by atoms with Gasteiger partial charge in [0, 0.05) is 31.9 Å². The molecule has 2 aromatic heterocycles. The van der Waals surface area contributed by atoms with Crippen LogP contribution in [0.1, 0.15) is 29.2 Å². The first-order valence-electron chi connectivity index (χ1n) is 11.5. The fraction of sp³-hybridized carbons (Fsp3) is 0.360. The third-order valence-electron chi connectivity index (χ3n) is 6.18. The quantitative estimate of drug-likeness (QED) is 0.427. The number of hydrogen-bond donors (Lipinski definition) is 1. The molecule has 1 aliphatic heterocycles. The summed E-state index contributed by atoms with van der Waals surface area (Å²) in [5, 5.41) is 15.4. The first-order valence-corrected chi connectivity index (χ1v) is 12.3. The maximum absolute atomic E-state index is 11.1. The monoisotopic (exact) mass is 479 g/mol. The Morgan fingerprint density at radius 2 is 1.68 bits per heavy atom. The minimum absolute atomic E-state index is 0.0949. The third kappa shape index (κ3) is 4.28. The predicted octanol–water partition coefficient (Wildman–Crippen LogP) is 4.12. The summed E-state index contributed by atoms with van der Waals surface area (Å²) in [5.74, 6) is 2.52. The molecule has 9 heteroatoms. The van der Waals surface area contributed by atoms with E-state index in [4.69, 9.17) is 9.47 Å². The van der Waals surface area contributed by atoms with Crippen molar-refractivity contribution in [3.05, 3.63) is 64.8 Å². The molecule has 8 nitrogen and oxygen atoms in total. The van der Waals surface area contributed by atoms with Gasteiger partial charge in [-0.1, -0.05) is 23.5 Å². The van der Waals surface area contributed by atoms with Crippen molar-refractivity contribution < 1.29 is 14.6 Å². The van der Waals surface area contributed by atoms with Gasteiger partial charge in [0.05, 0.1) is 24.6 Å². The molecule has 5 rings (SSSR count). The highest BCUT2D eigenvalue weighted by molar-refractivity contribution is 7.17. The molecule has 1 unspecified atom stereocenters. The van der Waals surface area contributed by atoms with E-state index in [9.17, 15) is 5.11 Å². The van der Waals surface area contributed by atoms with E-state index in [1.807, 2.05) is 38.1 Å². The molecule has 1 N–H and O–H groups in total. The van der Waals surface area contributed by atoms with Crippen molar-refractivity contribution in [2.24, 2.45) is 0 Å². The summed E-state index contributed by atoms with van der Waals surface area (Å²) in [5.41, 5.74) is 2.30. The van der Waals surface area contributed by atoms with Crippen LogP contribution in [0.3, 0.4) is 0 Å². The van der Waals surface area contributed by atoms with E-state index in [-0.39, 0.29) is 11.9 Å². The molecular weight excluding hydrogens is 450 g/mol. The predicted molar refractivity (Wildman–Crippen MR) is 133 cm³/mol. The molecule has 1 atom stereocenters. The zero-order valence-electron chi connectivity index (χ0n) is 19.6. The second kappa shape index (κ2) is 9.52. The maximum atomic E-state index is 11.1. The van der Waals surface area contributed by atoms with Crippen molar-refractivity contribution in [2.75, 3.05) is 44.8 Å². The lowest BCUT2D eigenvalue weighted by molar-refractivity contribution is 0.211. The molecule has 34 heavy (non-hydrogen) atoms. The average molecular weight is 480 g/mol. The number of ether oxygens (including phenoxy) is 2. The molecule has 0 spiro atoms. The molecule has 2 aromatic carbocycles. The summed E-state index contributed by atoms with van der Waals surface area (Å²) >= 11 is 1.50. The lowest BCUT2D eigenvalue weighted by Gasteiger charge is -2.40. The van der Waals surface area contributed by atoms with Crippen molar-refractivity contribution in [1.29, 1.82) is 0 Å². The van der Waals surface area contributed by atoms with Crippen LogP contribution in [0.25, 0.3) is 4.96 Å². The fourth-order valence-corrected chi connectivity index (χ4v) is 5.66. The van der Waals surface area contributed by atoms with E-state index in [0.29, 0.717) is 17.4 Å². The molecule has 1 aliphatic rings. The standard InChI is InChI=1S/C25H29N5O3S/c1-4-33-21-9-5-18(6-10-21)22(23-24(31)30-25(34-23)26-17(2)27-30)29-15-13-28(14-16-29)19-7-11-20(32-3)12-8-19/h5-12,22,31H,4,13-16H2,1-3H3. The zero-order chi connectivity index (χ0) is 23.7. The van der Waals surface area contributed by atoms with Crippen molar-refractivity contribution in [3.8, 4) is 17.4 Å². The van der Waals surface area contributed by atoms with Gasteiger partial charge in [0.25, 0.3) is 0 Å². The minimum Gasteiger partial charge on any atom is -0.497 e. The molecule has 3 heterocycles. The second-order valence-electron chi connectivity index (χ2n) is 8.27. The molecule has 0 amide bonds. The number of anilines is 1. The molecule has 0 aliphatic carbocycles. The van der Waals surface area contributed by atoms with E-state index >= 15 is 0 Å². The lowest BCUT2D eigenvalue weighted by Crippen LogP contribution is -2.47. The first kappa shape index (κ1) is 22.5. The molecule has 178 valence electrons. The van der Waals surface area contributed by atoms with Gasteiger partial charge < -0.3 is 19.5 Å². The van der Waals surface area contributed by atoms with Crippen LogP contribution >= 0.6 is 11.3 Å². The second-order valence-corrected chi connectivity index (χ2v) is 9.28. The Hall–Kier alpha value is -3.30. The largest absolute Gasteiger partial charge is 0.497 e. The Labute approximate surface area is 203 Å². The number of rotatable bonds is 7. The SMILES string of the molecule is CCOc1ccc(C(c2sc3nc(C)nn3c2O)N2CCN(c3ccc(OC)cc3)CC2)cc1. The van der Waals surface area contributed by atoms with Gasteiger partial charge in [-0.25, -0.2) is 4.98 Å². The highest BCUT2D eigenvalue weighted by Gasteiger charge is 2.31. The summed E-state index contributed by atoms with van der Waals surface area (Å²) in [4.78, 5) is 10.8. The number of aromatic hydroxyl groups is 1. The van der Waals surface area contributed by atoms with Crippen molar-refractivity contribution in [2.45, 2.75) is 19.9 Å². The summed E-state index contributed by atoms with van der Waals surface area (Å²) < 4.78 is 12.5. The molecular formula is C25H29N5O3S. The van der Waals surface area contributed by atoms with Gasteiger partial charge in [-0.3, -0.25) is 4.90 Å². The van der Waals surface area contributed by atoms with E-state index < -0.39 is 0 Å². The van der Waals surface area contributed by atoms with Crippen LogP contribution in [0.5, 0.6) is 17.4 Å². The molecule has 0 bridgehead atoms. The maximum Gasteiger partial charge on any atom is 0.230 e. The summed E-state index contributed by atoms with van der Waals surface area (Å²) in [6.45, 7) is 7.94. The van der Waals surface area contributed by atoms with E-state index in [1.54, 1.807) is 11.6 Å². The number of fused-ring (bicyclic) bond motifs is 1. The normalized spacial score (nSPS) is 15.6. The van der Waals surface area contributed by atoms with E-state index in [0.717, 1.165) is 48.1 Å². The molecule has 0 radical (unpaired) electrons. The highest BCUT2D eigenvalue weighted by Crippen LogP contribution is 2.40. The number of nitrogens with zero attached hydrogens (tertiary/aromatic N) is 5. The molecule has 1 fully saturated rings. The zero-order valence-corrected chi connectivity index (χ0v) is 20.5. The minimum atomic E-state index is -0.0949. The van der Waals surface area contributed by atoms with Crippen LogP contribution in [0.15, 0.2) is 48.5 Å². The van der Waals surface area contributed by atoms with Gasteiger partial charge in [-0.05, 0) is 55.8 Å². The van der Waals surface area contributed by atoms with Gasteiger partial charge >= 0.3 is 0 Å². The Morgan fingerprint density at radius 1 is 1.00 bits per heavy atom. The van der Waals surface area contributed by atoms with Crippen molar-refractivity contribution in [1.82, 2.24) is 19.5 Å². The van der Waals surface area contributed by atoms with Crippen molar-refractivity contribution in [3.63, 3.8) is 0 Å². The number of thiazole rings is 1. The van der Waals surface area contributed by atoms with E-state index in [2.05, 4.69) is 44.1 Å². The fourth-order valence-electron chi connectivity index (χ4n) is 4.50. The van der Waals surface area contributed by atoms with Crippen molar-refractivity contribution >= 4 is 22.0 Å². The number of piperazine rings is 1. The van der Waals surface area contributed by atoms with Gasteiger partial charge in [0.15, 0.2) is 0 Å². The van der Waals surface area contributed by atoms with E-state index in [1.165, 1.54) is 17.0 Å². The summed E-state index contributed by atoms with van der Waals surface area (Å²) in [6.07, 6.45) is 0. The molecule has 4 aromatic rings. The summed E-state index contributed by atoms with van der Waals surface area (Å²) in [7, 11) is 1.68. The molecule has 0 saturated carbocycles. The smallest absolute Gasteiger partial charge is 0.230 e.